The molecule has 0 saturated carbocycles. The first-order chi connectivity index (χ1) is 6.79. The number of aryl methyl sites for hydroxylation is 1. The fourth-order valence-corrected chi connectivity index (χ4v) is 2.13. The number of benzene rings is 1. The Morgan fingerprint density at radius 3 is 2.57 bits per heavy atom. The van der Waals surface area contributed by atoms with E-state index in [1.807, 2.05) is 12.1 Å². The maximum absolute atomic E-state index is 10.9. The molecule has 0 bridgehead atoms. The Labute approximate surface area is 87.4 Å². The molecule has 1 amide bonds. The minimum Gasteiger partial charge on any atom is -0.272 e. The van der Waals surface area contributed by atoms with Crippen LogP contribution in [0.5, 0.6) is 0 Å². The Morgan fingerprint density at radius 1 is 1.36 bits per heavy atom. The third kappa shape index (κ3) is 1.87. The SMILES string of the molecule is CCc1ccc(C2=NC(=O)CS2)cc1. The highest BCUT2D eigenvalue weighted by Gasteiger charge is 2.15. The van der Waals surface area contributed by atoms with Gasteiger partial charge in [0.15, 0.2) is 0 Å². The van der Waals surface area contributed by atoms with E-state index in [2.05, 4.69) is 24.0 Å². The van der Waals surface area contributed by atoms with Crippen molar-refractivity contribution in [1.29, 1.82) is 0 Å². The Hall–Kier alpha value is -1.09. The Bertz CT molecular complexity index is 381. The highest BCUT2D eigenvalue weighted by atomic mass is 32.2. The first-order valence-electron chi connectivity index (χ1n) is 4.63. The summed E-state index contributed by atoms with van der Waals surface area (Å²) in [6.07, 6.45) is 1.04. The van der Waals surface area contributed by atoms with Crippen molar-refractivity contribution in [2.75, 3.05) is 5.75 Å². The molecule has 1 aliphatic rings. The van der Waals surface area contributed by atoms with Crippen LogP contribution in [0.2, 0.25) is 0 Å². The Kier molecular flexibility index (Phi) is 2.68. The maximum Gasteiger partial charge on any atom is 0.257 e. The normalized spacial score (nSPS) is 15.8. The molecule has 1 aromatic carbocycles. The monoisotopic (exact) mass is 205 g/mol. The fraction of sp³-hybridized carbons (Fsp3) is 0.273. The third-order valence-corrected chi connectivity index (χ3v) is 3.16. The van der Waals surface area contributed by atoms with Gasteiger partial charge >= 0.3 is 0 Å². The molecule has 2 rings (SSSR count). The summed E-state index contributed by atoms with van der Waals surface area (Å²) >= 11 is 1.52. The molecule has 1 aromatic rings. The summed E-state index contributed by atoms with van der Waals surface area (Å²) in [4.78, 5) is 14.9. The zero-order chi connectivity index (χ0) is 9.97. The second kappa shape index (κ2) is 3.96. The number of rotatable bonds is 2. The first kappa shape index (κ1) is 9.46. The molecule has 0 spiro atoms. The lowest BCUT2D eigenvalue weighted by atomic mass is 10.1. The van der Waals surface area contributed by atoms with Crippen molar-refractivity contribution in [2.45, 2.75) is 13.3 Å². The summed E-state index contributed by atoms with van der Waals surface area (Å²) in [5, 5.41) is 0.859. The van der Waals surface area contributed by atoms with Gasteiger partial charge in [-0.15, -0.1) is 0 Å². The molecule has 0 saturated heterocycles. The maximum atomic E-state index is 10.9. The lowest BCUT2D eigenvalue weighted by Gasteiger charge is -2.00. The minimum atomic E-state index is -0.0235. The van der Waals surface area contributed by atoms with Gasteiger partial charge in [0, 0.05) is 5.56 Å². The fourth-order valence-electron chi connectivity index (χ4n) is 1.34. The second-order valence-electron chi connectivity index (χ2n) is 3.15. The number of aliphatic imine (C=N–C) groups is 1. The Balaban J connectivity index is 2.25. The summed E-state index contributed by atoms with van der Waals surface area (Å²) in [7, 11) is 0. The van der Waals surface area contributed by atoms with Gasteiger partial charge in [-0.1, -0.05) is 43.0 Å². The van der Waals surface area contributed by atoms with Crippen LogP contribution in [0.25, 0.3) is 0 Å². The van der Waals surface area contributed by atoms with E-state index in [-0.39, 0.29) is 5.91 Å². The third-order valence-electron chi connectivity index (χ3n) is 2.17. The lowest BCUT2D eigenvalue weighted by molar-refractivity contribution is -0.115. The van der Waals surface area contributed by atoms with E-state index >= 15 is 0 Å². The molecule has 3 heteroatoms. The van der Waals surface area contributed by atoms with Crippen molar-refractivity contribution in [2.24, 2.45) is 4.99 Å². The van der Waals surface area contributed by atoms with Crippen molar-refractivity contribution < 1.29 is 4.79 Å². The summed E-state index contributed by atoms with van der Waals surface area (Å²) < 4.78 is 0. The molecule has 0 N–H and O–H groups in total. The van der Waals surface area contributed by atoms with Gasteiger partial charge in [0.25, 0.3) is 5.91 Å². The lowest BCUT2D eigenvalue weighted by Crippen LogP contribution is -1.92. The van der Waals surface area contributed by atoms with Gasteiger partial charge in [-0.2, -0.15) is 0 Å². The second-order valence-corrected chi connectivity index (χ2v) is 4.11. The first-order valence-corrected chi connectivity index (χ1v) is 5.62. The van der Waals surface area contributed by atoms with Gasteiger partial charge in [-0.3, -0.25) is 4.79 Å². The predicted octanol–water partition coefficient (Wildman–Crippen LogP) is 2.27. The number of hydrogen-bond donors (Lipinski definition) is 0. The number of nitrogens with zero attached hydrogens (tertiary/aromatic N) is 1. The summed E-state index contributed by atoms with van der Waals surface area (Å²) in [5.41, 5.74) is 2.36. The van der Waals surface area contributed by atoms with Gasteiger partial charge < -0.3 is 0 Å². The molecule has 0 atom stereocenters. The highest BCUT2D eigenvalue weighted by molar-refractivity contribution is 8.15. The highest BCUT2D eigenvalue weighted by Crippen LogP contribution is 2.20. The smallest absolute Gasteiger partial charge is 0.257 e. The number of amides is 1. The van der Waals surface area contributed by atoms with Gasteiger partial charge in [-0.25, -0.2) is 4.99 Å². The van der Waals surface area contributed by atoms with Crippen LogP contribution in [0, 0.1) is 0 Å². The van der Waals surface area contributed by atoms with Crippen LogP contribution in [-0.4, -0.2) is 16.7 Å². The van der Waals surface area contributed by atoms with Crippen LogP contribution in [0.4, 0.5) is 0 Å². The number of carbonyl (C=O) groups is 1. The quantitative estimate of drug-likeness (QED) is 0.741. The van der Waals surface area contributed by atoms with Gasteiger partial charge in [0.2, 0.25) is 0 Å². The predicted molar refractivity (Wildman–Crippen MR) is 59.8 cm³/mol. The van der Waals surface area contributed by atoms with Crippen molar-refractivity contribution in [3.05, 3.63) is 35.4 Å². The molecule has 0 unspecified atom stereocenters. The molecule has 72 valence electrons. The summed E-state index contributed by atoms with van der Waals surface area (Å²) in [6, 6.07) is 8.23. The molecule has 2 nitrogen and oxygen atoms in total. The molecule has 14 heavy (non-hydrogen) atoms. The summed E-state index contributed by atoms with van der Waals surface area (Å²) in [6.45, 7) is 2.13. The molecule has 1 heterocycles. The van der Waals surface area contributed by atoms with Crippen molar-refractivity contribution in [3.63, 3.8) is 0 Å². The van der Waals surface area contributed by atoms with Crippen molar-refractivity contribution >= 4 is 22.7 Å². The van der Waals surface area contributed by atoms with Crippen LogP contribution in [0.1, 0.15) is 18.1 Å². The number of thioether (sulfide) groups is 1. The molecule has 0 aliphatic carbocycles. The molecule has 0 fully saturated rings. The van der Waals surface area contributed by atoms with E-state index in [4.69, 9.17) is 0 Å². The van der Waals surface area contributed by atoms with E-state index < -0.39 is 0 Å². The van der Waals surface area contributed by atoms with Gasteiger partial charge in [0.05, 0.1) is 5.75 Å². The molecular weight excluding hydrogens is 194 g/mol. The topological polar surface area (TPSA) is 29.4 Å². The zero-order valence-corrected chi connectivity index (χ0v) is 8.80. The van der Waals surface area contributed by atoms with Crippen LogP contribution >= 0.6 is 11.8 Å². The molecular formula is C11H11NOS. The van der Waals surface area contributed by atoms with Crippen LogP contribution < -0.4 is 0 Å². The molecule has 1 aliphatic heterocycles. The van der Waals surface area contributed by atoms with Crippen LogP contribution in [0.15, 0.2) is 29.3 Å². The van der Waals surface area contributed by atoms with E-state index in [0.717, 1.165) is 17.0 Å². The Morgan fingerprint density at radius 2 is 2.07 bits per heavy atom. The van der Waals surface area contributed by atoms with Crippen molar-refractivity contribution in [1.82, 2.24) is 0 Å². The van der Waals surface area contributed by atoms with E-state index in [1.54, 1.807) is 0 Å². The minimum absolute atomic E-state index is 0.0235. The van der Waals surface area contributed by atoms with E-state index in [0.29, 0.717) is 5.75 Å². The van der Waals surface area contributed by atoms with E-state index in [9.17, 15) is 4.79 Å². The number of carbonyl (C=O) groups excluding carboxylic acids is 1. The largest absolute Gasteiger partial charge is 0.272 e. The van der Waals surface area contributed by atoms with Crippen LogP contribution in [-0.2, 0) is 11.2 Å². The van der Waals surface area contributed by atoms with Crippen LogP contribution in [0.3, 0.4) is 0 Å². The average molecular weight is 205 g/mol. The molecule has 0 aromatic heterocycles. The van der Waals surface area contributed by atoms with Crippen molar-refractivity contribution in [3.8, 4) is 0 Å². The van der Waals surface area contributed by atoms with E-state index in [1.165, 1.54) is 17.3 Å². The standard InChI is InChI=1S/C11H11NOS/c1-2-8-3-5-9(6-4-8)11-12-10(13)7-14-11/h3-6H,2,7H2,1H3. The van der Waals surface area contributed by atoms with Gasteiger partial charge in [0.1, 0.15) is 5.04 Å². The zero-order valence-electron chi connectivity index (χ0n) is 7.99. The average Bonchev–Trinajstić information content (AvgIpc) is 2.65. The molecule has 0 radical (unpaired) electrons. The summed E-state index contributed by atoms with van der Waals surface area (Å²) in [5.74, 6) is 0.467. The van der Waals surface area contributed by atoms with Gasteiger partial charge in [-0.05, 0) is 12.0 Å². The number of hydrogen-bond acceptors (Lipinski definition) is 2.